The number of ether oxygens (including phenoxy) is 2. The Morgan fingerprint density at radius 2 is 1.91 bits per heavy atom. The fourth-order valence-electron chi connectivity index (χ4n) is 2.10. The first-order valence-electron chi connectivity index (χ1n) is 6.86. The number of carbonyl (C=O) groups excluding carboxylic acids is 1. The van der Waals surface area contributed by atoms with Crippen LogP contribution in [0.4, 0.5) is 5.69 Å². The van der Waals surface area contributed by atoms with Crippen molar-refractivity contribution in [2.45, 2.75) is 6.92 Å². The Balaban J connectivity index is 2.50. The Bertz CT molecular complexity index is 726. The molecule has 0 bridgehead atoms. The maximum absolute atomic E-state index is 12.0. The quantitative estimate of drug-likeness (QED) is 0.521. The van der Waals surface area contributed by atoms with E-state index in [1.165, 1.54) is 19.2 Å². The summed E-state index contributed by atoms with van der Waals surface area (Å²) in [5, 5.41) is 14.8. The van der Waals surface area contributed by atoms with E-state index < -0.39 is 5.97 Å². The van der Waals surface area contributed by atoms with Crippen molar-refractivity contribution in [1.29, 1.82) is 0 Å². The monoisotopic (exact) mass is 314 g/mol. The van der Waals surface area contributed by atoms with Crippen LogP contribution in [-0.2, 0) is 4.74 Å². The molecule has 2 aromatic rings. The van der Waals surface area contributed by atoms with Crippen LogP contribution in [0.1, 0.15) is 15.9 Å². The molecule has 1 N–H and O–H groups in total. The summed E-state index contributed by atoms with van der Waals surface area (Å²) in [6, 6.07) is 9.58. The van der Waals surface area contributed by atoms with Crippen molar-refractivity contribution in [2.75, 3.05) is 19.2 Å². The van der Waals surface area contributed by atoms with Crippen molar-refractivity contribution in [3.05, 3.63) is 47.5 Å². The number of phenolic OH excluding ortho intramolecular Hbond substituents is 1. The maximum Gasteiger partial charge on any atom is 0.341 e. The van der Waals surface area contributed by atoms with Crippen LogP contribution < -0.4 is 9.75 Å². The van der Waals surface area contributed by atoms with Crippen molar-refractivity contribution in [3.8, 4) is 17.2 Å². The molecule has 0 aliphatic rings. The number of aromatic hydroxyl groups is 1. The van der Waals surface area contributed by atoms with E-state index in [-0.39, 0.29) is 5.75 Å². The Kier molecular flexibility index (Phi) is 4.85. The fraction of sp³-hybridized carbons (Fsp3) is 0.176. The minimum absolute atomic E-state index is 0.130. The van der Waals surface area contributed by atoms with Crippen LogP contribution in [0.5, 0.6) is 17.2 Å². The van der Waals surface area contributed by atoms with Gasteiger partial charge in [-0.25, -0.2) is 4.79 Å². The molecule has 0 heterocycles. The molecule has 0 saturated heterocycles. The lowest BCUT2D eigenvalue weighted by atomic mass is 10.1. The van der Waals surface area contributed by atoms with E-state index in [1.807, 2.05) is 6.92 Å². The van der Waals surface area contributed by atoms with Gasteiger partial charge in [-0.2, -0.15) is 5.10 Å². The van der Waals surface area contributed by atoms with Crippen LogP contribution in [0.15, 0.2) is 41.5 Å². The highest BCUT2D eigenvalue weighted by molar-refractivity contribution is 5.93. The number of anilines is 1. The zero-order chi connectivity index (χ0) is 17.0. The number of methoxy groups -OCH3 is 1. The molecule has 0 saturated carbocycles. The maximum atomic E-state index is 12.0. The molecule has 0 radical (unpaired) electrons. The molecule has 120 valence electrons. The van der Waals surface area contributed by atoms with Crippen molar-refractivity contribution in [3.63, 3.8) is 0 Å². The molecule has 0 aromatic heterocycles. The van der Waals surface area contributed by atoms with E-state index in [1.54, 1.807) is 36.3 Å². The van der Waals surface area contributed by atoms with Crippen LogP contribution in [0, 0.1) is 6.92 Å². The molecule has 6 heteroatoms. The van der Waals surface area contributed by atoms with E-state index in [2.05, 4.69) is 11.8 Å². The van der Waals surface area contributed by atoms with Gasteiger partial charge < -0.3 is 14.6 Å². The molecule has 0 amide bonds. The van der Waals surface area contributed by atoms with E-state index in [9.17, 15) is 9.90 Å². The van der Waals surface area contributed by atoms with E-state index in [4.69, 9.17) is 9.47 Å². The minimum atomic E-state index is -0.498. The Labute approximate surface area is 134 Å². The first-order valence-corrected chi connectivity index (χ1v) is 6.86. The molecule has 0 aliphatic heterocycles. The summed E-state index contributed by atoms with van der Waals surface area (Å²) in [7, 11) is 3.06. The van der Waals surface area contributed by atoms with E-state index >= 15 is 0 Å². The summed E-state index contributed by atoms with van der Waals surface area (Å²) in [5.74, 6) is 0.448. The standard InChI is InChI=1S/C17H18N2O4/c1-11-9-14(17(21)22-4)16(10-15(11)19(3)18-2)23-13-7-5-12(20)6-8-13/h5-10,20H,2H2,1,3-4H3. The van der Waals surface area contributed by atoms with Gasteiger partial charge >= 0.3 is 5.97 Å². The molecular weight excluding hydrogens is 296 g/mol. The second-order valence-electron chi connectivity index (χ2n) is 4.89. The zero-order valence-electron chi connectivity index (χ0n) is 13.2. The third-order valence-corrected chi connectivity index (χ3v) is 3.33. The number of hydrazone groups is 1. The lowest BCUT2D eigenvalue weighted by Crippen LogP contribution is -2.11. The van der Waals surface area contributed by atoms with Gasteiger partial charge in [-0.05, 0) is 42.8 Å². The molecule has 0 atom stereocenters. The molecule has 23 heavy (non-hydrogen) atoms. The fourth-order valence-corrected chi connectivity index (χ4v) is 2.10. The van der Waals surface area contributed by atoms with Crippen LogP contribution in [-0.4, -0.2) is 32.0 Å². The predicted octanol–water partition coefficient (Wildman–Crippen LogP) is 3.33. The van der Waals surface area contributed by atoms with E-state index in [0.29, 0.717) is 17.1 Å². The Morgan fingerprint density at radius 3 is 2.48 bits per heavy atom. The van der Waals surface area contributed by atoms with Gasteiger partial charge in [0.15, 0.2) is 0 Å². The molecule has 0 spiro atoms. The molecule has 0 aliphatic carbocycles. The normalized spacial score (nSPS) is 10.0. The lowest BCUT2D eigenvalue weighted by molar-refractivity contribution is 0.0598. The Hall–Kier alpha value is -3.02. The minimum Gasteiger partial charge on any atom is -0.508 e. The number of hydrogen-bond donors (Lipinski definition) is 1. The van der Waals surface area contributed by atoms with Gasteiger partial charge in [-0.15, -0.1) is 0 Å². The summed E-state index contributed by atoms with van der Waals surface area (Å²) >= 11 is 0. The number of esters is 1. The van der Waals surface area contributed by atoms with Crippen molar-refractivity contribution < 1.29 is 19.4 Å². The molecule has 2 aromatic carbocycles. The number of phenols is 1. The number of carbonyl (C=O) groups is 1. The van der Waals surface area contributed by atoms with Crippen molar-refractivity contribution in [2.24, 2.45) is 5.10 Å². The van der Waals surface area contributed by atoms with E-state index in [0.717, 1.165) is 11.3 Å². The third-order valence-electron chi connectivity index (χ3n) is 3.33. The van der Waals surface area contributed by atoms with Crippen molar-refractivity contribution in [1.82, 2.24) is 0 Å². The number of nitrogens with zero attached hydrogens (tertiary/aromatic N) is 2. The van der Waals surface area contributed by atoms with Gasteiger partial charge in [-0.1, -0.05) is 0 Å². The van der Waals surface area contributed by atoms with Crippen LogP contribution >= 0.6 is 0 Å². The molecular formula is C17H18N2O4. The van der Waals surface area contributed by atoms with Gasteiger partial charge in [0, 0.05) is 19.8 Å². The summed E-state index contributed by atoms with van der Waals surface area (Å²) in [6.45, 7) is 5.35. The van der Waals surface area contributed by atoms with Crippen LogP contribution in [0.2, 0.25) is 0 Å². The zero-order valence-corrected chi connectivity index (χ0v) is 13.2. The average Bonchev–Trinajstić information content (AvgIpc) is 2.56. The second kappa shape index (κ2) is 6.83. The van der Waals surface area contributed by atoms with Gasteiger partial charge in [0.05, 0.1) is 12.8 Å². The largest absolute Gasteiger partial charge is 0.508 e. The number of hydrogen-bond acceptors (Lipinski definition) is 6. The van der Waals surface area contributed by atoms with Crippen LogP contribution in [0.3, 0.4) is 0 Å². The number of aryl methyl sites for hydroxylation is 1. The highest BCUT2D eigenvalue weighted by Gasteiger charge is 2.18. The smallest absolute Gasteiger partial charge is 0.341 e. The first kappa shape index (κ1) is 16.4. The molecule has 0 fully saturated rings. The summed E-state index contributed by atoms with van der Waals surface area (Å²) in [5.41, 5.74) is 1.89. The lowest BCUT2D eigenvalue weighted by Gasteiger charge is -2.18. The molecule has 0 unspecified atom stereocenters. The average molecular weight is 314 g/mol. The summed E-state index contributed by atoms with van der Waals surface area (Å²) in [4.78, 5) is 12.0. The highest BCUT2D eigenvalue weighted by Crippen LogP contribution is 2.33. The van der Waals surface area contributed by atoms with Crippen LogP contribution in [0.25, 0.3) is 0 Å². The Morgan fingerprint density at radius 1 is 1.26 bits per heavy atom. The summed E-state index contributed by atoms with van der Waals surface area (Å²) in [6.07, 6.45) is 0. The predicted molar refractivity (Wildman–Crippen MR) is 88.7 cm³/mol. The van der Waals surface area contributed by atoms with Gasteiger partial charge in [0.2, 0.25) is 0 Å². The van der Waals surface area contributed by atoms with Gasteiger partial charge in [0.25, 0.3) is 0 Å². The highest BCUT2D eigenvalue weighted by atomic mass is 16.5. The molecule has 6 nitrogen and oxygen atoms in total. The number of rotatable bonds is 5. The third kappa shape index (κ3) is 3.60. The second-order valence-corrected chi connectivity index (χ2v) is 4.89. The molecule has 2 rings (SSSR count). The van der Waals surface area contributed by atoms with Gasteiger partial charge in [-0.3, -0.25) is 5.01 Å². The summed E-state index contributed by atoms with van der Waals surface area (Å²) < 4.78 is 10.6. The first-order chi connectivity index (χ1) is 11.0. The number of benzene rings is 2. The van der Waals surface area contributed by atoms with Crippen molar-refractivity contribution >= 4 is 18.4 Å². The SMILES string of the molecule is C=NN(C)c1cc(Oc2ccc(O)cc2)c(C(=O)OC)cc1C. The topological polar surface area (TPSA) is 71.4 Å². The van der Waals surface area contributed by atoms with Gasteiger partial charge in [0.1, 0.15) is 22.8 Å².